The lowest BCUT2D eigenvalue weighted by Gasteiger charge is -2.37. The molecular formula is C22H33N3O3. The van der Waals surface area contributed by atoms with Gasteiger partial charge >= 0.3 is 6.09 Å². The predicted molar refractivity (Wildman–Crippen MR) is 109 cm³/mol. The third-order valence-electron chi connectivity index (χ3n) is 5.36. The van der Waals surface area contributed by atoms with E-state index in [2.05, 4.69) is 36.1 Å². The second-order valence-electron chi connectivity index (χ2n) is 8.91. The molecule has 0 bridgehead atoms. The van der Waals surface area contributed by atoms with Gasteiger partial charge in [-0.1, -0.05) is 29.8 Å². The Hall–Kier alpha value is -2.08. The van der Waals surface area contributed by atoms with E-state index < -0.39 is 5.60 Å². The molecular weight excluding hydrogens is 354 g/mol. The third kappa shape index (κ3) is 5.25. The van der Waals surface area contributed by atoms with Gasteiger partial charge in [-0.25, -0.2) is 4.79 Å². The summed E-state index contributed by atoms with van der Waals surface area (Å²) in [6, 6.07) is 8.45. The smallest absolute Gasteiger partial charge is 0.410 e. The van der Waals surface area contributed by atoms with Gasteiger partial charge in [-0.05, 0) is 52.6 Å². The predicted octanol–water partition coefficient (Wildman–Crippen LogP) is 3.04. The second-order valence-corrected chi connectivity index (χ2v) is 8.91. The molecule has 0 saturated carbocycles. The Kier molecular flexibility index (Phi) is 6.28. The molecule has 154 valence electrons. The van der Waals surface area contributed by atoms with Crippen molar-refractivity contribution in [3.63, 3.8) is 0 Å². The van der Waals surface area contributed by atoms with Gasteiger partial charge in [0.25, 0.3) is 0 Å². The number of likely N-dealkylation sites (tertiary alicyclic amines) is 1. The van der Waals surface area contributed by atoms with Crippen molar-refractivity contribution in [1.29, 1.82) is 0 Å². The Morgan fingerprint density at radius 1 is 1.07 bits per heavy atom. The van der Waals surface area contributed by atoms with E-state index in [9.17, 15) is 9.59 Å². The summed E-state index contributed by atoms with van der Waals surface area (Å²) in [5, 5.41) is 0. The largest absolute Gasteiger partial charge is 0.444 e. The first kappa shape index (κ1) is 20.6. The summed E-state index contributed by atoms with van der Waals surface area (Å²) in [5.41, 5.74) is 2.01. The lowest BCUT2D eigenvalue weighted by Crippen LogP contribution is -2.55. The van der Waals surface area contributed by atoms with Gasteiger partial charge in [0, 0.05) is 32.7 Å². The minimum atomic E-state index is -0.496. The molecule has 1 aromatic rings. The van der Waals surface area contributed by atoms with Crippen LogP contribution in [0, 0.1) is 6.92 Å². The number of hydrogen-bond acceptors (Lipinski definition) is 4. The van der Waals surface area contributed by atoms with Crippen LogP contribution in [0.25, 0.3) is 0 Å². The molecule has 1 unspecified atom stereocenters. The fourth-order valence-corrected chi connectivity index (χ4v) is 3.99. The number of carbonyl (C=O) groups excluding carboxylic acids is 2. The molecule has 0 aliphatic carbocycles. The molecule has 0 radical (unpaired) electrons. The average Bonchev–Trinajstić information content (AvgIpc) is 3.08. The number of aryl methyl sites for hydroxylation is 1. The number of nitrogens with zero attached hydrogens (tertiary/aromatic N) is 3. The number of hydrogen-bond donors (Lipinski definition) is 0. The van der Waals surface area contributed by atoms with E-state index in [4.69, 9.17) is 4.74 Å². The summed E-state index contributed by atoms with van der Waals surface area (Å²) in [6.45, 7) is 11.7. The zero-order chi connectivity index (χ0) is 20.3. The van der Waals surface area contributed by atoms with Gasteiger partial charge in [0.05, 0.1) is 6.04 Å². The second kappa shape index (κ2) is 8.52. The lowest BCUT2D eigenvalue weighted by atomic mass is 10.1. The quantitative estimate of drug-likeness (QED) is 0.800. The summed E-state index contributed by atoms with van der Waals surface area (Å²) in [5.74, 6) is 0.203. The van der Waals surface area contributed by atoms with Gasteiger partial charge in [-0.3, -0.25) is 9.69 Å². The van der Waals surface area contributed by atoms with E-state index in [-0.39, 0.29) is 18.0 Å². The maximum absolute atomic E-state index is 13.1. The van der Waals surface area contributed by atoms with Gasteiger partial charge in [-0.2, -0.15) is 0 Å². The molecule has 28 heavy (non-hydrogen) atoms. The van der Waals surface area contributed by atoms with Crippen LogP contribution in [0.5, 0.6) is 0 Å². The molecule has 2 aliphatic heterocycles. The molecule has 2 fully saturated rings. The highest BCUT2D eigenvalue weighted by Crippen LogP contribution is 2.23. The molecule has 1 atom stereocenters. The monoisotopic (exact) mass is 387 g/mol. The van der Waals surface area contributed by atoms with Gasteiger partial charge in [0.1, 0.15) is 5.60 Å². The normalized spacial score (nSPS) is 21.1. The Balaban J connectivity index is 1.54. The highest BCUT2D eigenvalue weighted by atomic mass is 16.6. The van der Waals surface area contributed by atoms with Crippen LogP contribution < -0.4 is 0 Å². The summed E-state index contributed by atoms with van der Waals surface area (Å²) < 4.78 is 5.44. The van der Waals surface area contributed by atoms with Crippen molar-refractivity contribution in [3.05, 3.63) is 35.4 Å². The number of piperazine rings is 1. The number of ether oxygens (including phenoxy) is 1. The van der Waals surface area contributed by atoms with E-state index in [0.29, 0.717) is 26.2 Å². The number of rotatable bonds is 3. The maximum Gasteiger partial charge on any atom is 0.410 e. The molecule has 2 saturated heterocycles. The fourth-order valence-electron chi connectivity index (χ4n) is 3.99. The van der Waals surface area contributed by atoms with E-state index in [1.54, 1.807) is 4.90 Å². The molecule has 2 heterocycles. The van der Waals surface area contributed by atoms with Crippen LogP contribution in [0.1, 0.15) is 44.7 Å². The van der Waals surface area contributed by atoms with Crippen molar-refractivity contribution < 1.29 is 14.3 Å². The van der Waals surface area contributed by atoms with Crippen LogP contribution in [0.3, 0.4) is 0 Å². The molecule has 0 N–H and O–H groups in total. The van der Waals surface area contributed by atoms with Crippen molar-refractivity contribution in [2.45, 2.75) is 58.7 Å². The Morgan fingerprint density at radius 3 is 2.39 bits per heavy atom. The summed E-state index contributed by atoms with van der Waals surface area (Å²) in [6.07, 6.45) is 1.68. The minimum Gasteiger partial charge on any atom is -0.444 e. The van der Waals surface area contributed by atoms with Crippen molar-refractivity contribution >= 4 is 12.0 Å². The van der Waals surface area contributed by atoms with Gasteiger partial charge in [0.15, 0.2) is 0 Å². The number of amides is 2. The number of carbonyl (C=O) groups is 2. The van der Waals surface area contributed by atoms with Crippen molar-refractivity contribution in [2.75, 3.05) is 32.7 Å². The van der Waals surface area contributed by atoms with Crippen molar-refractivity contribution in [3.8, 4) is 0 Å². The molecule has 3 rings (SSSR count). The molecule has 0 spiro atoms. The zero-order valence-electron chi connectivity index (χ0n) is 17.6. The highest BCUT2D eigenvalue weighted by molar-refractivity contribution is 5.82. The molecule has 6 heteroatoms. The summed E-state index contributed by atoms with van der Waals surface area (Å²) in [7, 11) is 0. The SMILES string of the molecule is Cc1cccc(CN2CCCC2C(=O)N2CCN(C(=O)OC(C)(C)C)CC2)c1. The van der Waals surface area contributed by atoms with E-state index >= 15 is 0 Å². The first-order valence-corrected chi connectivity index (χ1v) is 10.3. The van der Waals surface area contributed by atoms with Gasteiger partial charge in [-0.15, -0.1) is 0 Å². The fraction of sp³-hybridized carbons (Fsp3) is 0.636. The molecule has 6 nitrogen and oxygen atoms in total. The molecule has 2 amide bonds. The first-order valence-electron chi connectivity index (χ1n) is 10.3. The lowest BCUT2D eigenvalue weighted by molar-refractivity contribution is -0.138. The van der Waals surface area contributed by atoms with Crippen molar-refractivity contribution in [1.82, 2.24) is 14.7 Å². The maximum atomic E-state index is 13.1. The topological polar surface area (TPSA) is 53.1 Å². The molecule has 1 aromatic carbocycles. The Bertz CT molecular complexity index is 705. The van der Waals surface area contributed by atoms with Crippen LogP contribution >= 0.6 is 0 Å². The van der Waals surface area contributed by atoms with Gasteiger partial charge < -0.3 is 14.5 Å². The Morgan fingerprint density at radius 2 is 1.75 bits per heavy atom. The molecule has 0 aromatic heterocycles. The van der Waals surface area contributed by atoms with Crippen LogP contribution in [0.4, 0.5) is 4.79 Å². The van der Waals surface area contributed by atoms with Crippen LogP contribution in [-0.2, 0) is 16.1 Å². The summed E-state index contributed by atoms with van der Waals surface area (Å²) in [4.78, 5) is 31.3. The van der Waals surface area contributed by atoms with Gasteiger partial charge in [0.2, 0.25) is 5.91 Å². The average molecular weight is 388 g/mol. The minimum absolute atomic E-state index is 0.0476. The van der Waals surface area contributed by atoms with E-state index in [1.165, 1.54) is 11.1 Å². The zero-order valence-corrected chi connectivity index (χ0v) is 17.6. The van der Waals surface area contributed by atoms with Crippen molar-refractivity contribution in [2.24, 2.45) is 0 Å². The highest BCUT2D eigenvalue weighted by Gasteiger charge is 2.35. The third-order valence-corrected chi connectivity index (χ3v) is 5.36. The van der Waals surface area contributed by atoms with Crippen LogP contribution in [-0.4, -0.2) is 71.1 Å². The molecule has 2 aliphatic rings. The van der Waals surface area contributed by atoms with Crippen LogP contribution in [0.15, 0.2) is 24.3 Å². The van der Waals surface area contributed by atoms with Crippen LogP contribution in [0.2, 0.25) is 0 Å². The van der Waals surface area contributed by atoms with E-state index in [1.807, 2.05) is 25.7 Å². The Labute approximate surface area is 168 Å². The first-order chi connectivity index (χ1) is 13.2. The summed E-state index contributed by atoms with van der Waals surface area (Å²) >= 11 is 0. The number of benzene rings is 1. The standard InChI is InChI=1S/C22H33N3O3/c1-17-7-5-8-18(15-17)16-25-10-6-9-19(25)20(26)23-11-13-24(14-12-23)21(27)28-22(2,3)4/h5,7-8,15,19H,6,9-14,16H2,1-4H3. The van der Waals surface area contributed by atoms with E-state index in [0.717, 1.165) is 25.9 Å².